The van der Waals surface area contributed by atoms with E-state index in [1.165, 1.54) is 0 Å². The third-order valence-corrected chi connectivity index (χ3v) is 4.69. The summed E-state index contributed by atoms with van der Waals surface area (Å²) in [5.74, 6) is -0.637. The summed E-state index contributed by atoms with van der Waals surface area (Å²) < 4.78 is 0. The van der Waals surface area contributed by atoms with Crippen LogP contribution in [0.2, 0.25) is 0 Å². The van der Waals surface area contributed by atoms with Crippen molar-refractivity contribution in [3.8, 4) is 0 Å². The summed E-state index contributed by atoms with van der Waals surface area (Å²) in [6, 6.07) is -1.40. The van der Waals surface area contributed by atoms with E-state index >= 15 is 0 Å². The average Bonchev–Trinajstić information content (AvgIpc) is 2.59. The third kappa shape index (κ3) is 8.27. The van der Waals surface area contributed by atoms with Gasteiger partial charge in [0.2, 0.25) is 23.6 Å². The summed E-state index contributed by atoms with van der Waals surface area (Å²) in [6.45, 7) is 10.7. The molecular formula is C20H36N4O4. The predicted octanol–water partition coefficient (Wildman–Crippen LogP) is 0.807. The molecule has 0 bridgehead atoms. The van der Waals surface area contributed by atoms with Crippen molar-refractivity contribution >= 4 is 23.6 Å². The van der Waals surface area contributed by atoms with Crippen molar-refractivity contribution in [2.24, 2.45) is 11.8 Å². The summed E-state index contributed by atoms with van der Waals surface area (Å²) in [4.78, 5) is 51.2. The summed E-state index contributed by atoms with van der Waals surface area (Å²) in [6.07, 6.45) is 1.86. The molecular weight excluding hydrogens is 360 g/mol. The summed E-state index contributed by atoms with van der Waals surface area (Å²) in [5.41, 5.74) is 0. The second-order valence-electron chi connectivity index (χ2n) is 8.25. The van der Waals surface area contributed by atoms with Crippen LogP contribution < -0.4 is 16.0 Å². The molecule has 3 N–H and O–H groups in total. The number of carbonyl (C=O) groups is 4. The van der Waals surface area contributed by atoms with Crippen LogP contribution in [0, 0.1) is 11.8 Å². The maximum absolute atomic E-state index is 12.5. The molecule has 4 amide bonds. The van der Waals surface area contributed by atoms with Crippen LogP contribution in [0.4, 0.5) is 0 Å². The van der Waals surface area contributed by atoms with Gasteiger partial charge >= 0.3 is 0 Å². The van der Waals surface area contributed by atoms with Crippen molar-refractivity contribution in [3.63, 3.8) is 0 Å². The first-order valence-electron chi connectivity index (χ1n) is 10.3. The zero-order chi connectivity index (χ0) is 21.3. The zero-order valence-corrected chi connectivity index (χ0v) is 17.8. The lowest BCUT2D eigenvalue weighted by Crippen LogP contribution is -2.54. The molecule has 2 atom stereocenters. The van der Waals surface area contributed by atoms with E-state index in [0.717, 1.165) is 0 Å². The van der Waals surface area contributed by atoms with Gasteiger partial charge < -0.3 is 20.9 Å². The van der Waals surface area contributed by atoms with E-state index in [4.69, 9.17) is 0 Å². The number of amides is 4. The zero-order valence-electron chi connectivity index (χ0n) is 17.8. The second-order valence-corrected chi connectivity index (χ2v) is 8.25. The number of hydrogen-bond donors (Lipinski definition) is 3. The van der Waals surface area contributed by atoms with E-state index < -0.39 is 12.1 Å². The van der Waals surface area contributed by atoms with Crippen LogP contribution >= 0.6 is 0 Å². The highest BCUT2D eigenvalue weighted by Crippen LogP contribution is 2.08. The molecule has 8 heteroatoms. The monoisotopic (exact) mass is 396 g/mol. The van der Waals surface area contributed by atoms with E-state index in [1.54, 1.807) is 11.8 Å². The van der Waals surface area contributed by atoms with Gasteiger partial charge in [-0.2, -0.15) is 0 Å². The van der Waals surface area contributed by atoms with Crippen molar-refractivity contribution in [2.45, 2.75) is 72.4 Å². The fraction of sp³-hybridized carbons (Fsp3) is 0.800. The predicted molar refractivity (Wildman–Crippen MR) is 107 cm³/mol. The van der Waals surface area contributed by atoms with Crippen LogP contribution in [-0.2, 0) is 19.2 Å². The smallest absolute Gasteiger partial charge is 0.242 e. The summed E-state index contributed by atoms with van der Waals surface area (Å²) >= 11 is 0. The lowest BCUT2D eigenvalue weighted by molar-refractivity contribution is -0.133. The quantitative estimate of drug-likeness (QED) is 0.656. The minimum absolute atomic E-state index is 0.0660. The molecule has 8 nitrogen and oxygen atoms in total. The highest BCUT2D eigenvalue weighted by Gasteiger charge is 2.27. The van der Waals surface area contributed by atoms with Crippen LogP contribution in [0.1, 0.15) is 60.3 Å². The van der Waals surface area contributed by atoms with Crippen LogP contribution in [0.25, 0.3) is 0 Å². The van der Waals surface area contributed by atoms with Crippen molar-refractivity contribution in [1.82, 2.24) is 20.9 Å². The van der Waals surface area contributed by atoms with Crippen molar-refractivity contribution < 1.29 is 19.2 Å². The van der Waals surface area contributed by atoms with Gasteiger partial charge in [-0.05, 0) is 31.6 Å². The molecule has 0 aromatic carbocycles. The Labute approximate surface area is 168 Å². The molecule has 1 saturated heterocycles. The van der Waals surface area contributed by atoms with Gasteiger partial charge in [0.15, 0.2) is 0 Å². The molecule has 160 valence electrons. The van der Waals surface area contributed by atoms with Crippen LogP contribution in [0.15, 0.2) is 0 Å². The fourth-order valence-electron chi connectivity index (χ4n) is 3.05. The molecule has 1 heterocycles. The van der Waals surface area contributed by atoms with E-state index in [-0.39, 0.29) is 41.9 Å². The maximum atomic E-state index is 12.5. The van der Waals surface area contributed by atoms with Gasteiger partial charge in [-0.15, -0.1) is 0 Å². The topological polar surface area (TPSA) is 108 Å². The van der Waals surface area contributed by atoms with Gasteiger partial charge in [0, 0.05) is 32.5 Å². The number of rotatable bonds is 3. The lowest BCUT2D eigenvalue weighted by atomic mass is 10.0. The Morgan fingerprint density at radius 2 is 1.68 bits per heavy atom. The Balaban J connectivity index is 2.87. The second kappa shape index (κ2) is 11.7. The van der Waals surface area contributed by atoms with Gasteiger partial charge in [-0.3, -0.25) is 19.2 Å². The van der Waals surface area contributed by atoms with Gasteiger partial charge in [0.25, 0.3) is 0 Å². The molecule has 1 rings (SSSR count). The normalized spacial score (nSPS) is 23.5. The Morgan fingerprint density at radius 1 is 1.04 bits per heavy atom. The van der Waals surface area contributed by atoms with Crippen LogP contribution in [-0.4, -0.2) is 60.2 Å². The molecule has 1 fully saturated rings. The SMILES string of the molecule is CC(C)CC(=O)N1CCCNC(=O)[C@@H](C(C)C)NC(=O)[C@@H](C)NC(=O)CCC1. The molecule has 1 aliphatic heterocycles. The number of hydrogen-bond acceptors (Lipinski definition) is 4. The molecule has 0 aromatic rings. The van der Waals surface area contributed by atoms with E-state index in [9.17, 15) is 19.2 Å². The number of carbonyl (C=O) groups excluding carboxylic acids is 4. The molecule has 0 spiro atoms. The third-order valence-electron chi connectivity index (χ3n) is 4.69. The summed E-state index contributed by atoms with van der Waals surface area (Å²) in [5, 5.41) is 8.24. The standard InChI is InChI=1S/C20H36N4O4/c1-13(2)12-17(26)24-10-6-8-16(25)22-15(5)19(27)23-18(14(3)4)20(28)21-9-7-11-24/h13-15,18H,6-12H2,1-5H3,(H,21,28)(H,22,25)(H,23,27)/t15-,18-/m1/s1. The van der Waals surface area contributed by atoms with Gasteiger partial charge in [-0.25, -0.2) is 0 Å². The summed E-state index contributed by atoms with van der Waals surface area (Å²) in [7, 11) is 0. The Hall–Kier alpha value is -2.12. The maximum Gasteiger partial charge on any atom is 0.242 e. The van der Waals surface area contributed by atoms with E-state index in [0.29, 0.717) is 38.9 Å². The molecule has 0 radical (unpaired) electrons. The minimum atomic E-state index is -0.731. The first kappa shape index (κ1) is 23.9. The largest absolute Gasteiger partial charge is 0.354 e. The first-order chi connectivity index (χ1) is 13.1. The Kier molecular flexibility index (Phi) is 9.96. The molecule has 0 unspecified atom stereocenters. The van der Waals surface area contributed by atoms with Gasteiger partial charge in [0.1, 0.15) is 12.1 Å². The number of nitrogens with zero attached hydrogens (tertiary/aromatic N) is 1. The Morgan fingerprint density at radius 3 is 2.29 bits per heavy atom. The fourth-order valence-corrected chi connectivity index (χ4v) is 3.05. The average molecular weight is 397 g/mol. The molecule has 28 heavy (non-hydrogen) atoms. The van der Waals surface area contributed by atoms with Crippen molar-refractivity contribution in [1.29, 1.82) is 0 Å². The molecule has 0 aliphatic carbocycles. The van der Waals surface area contributed by atoms with Crippen molar-refractivity contribution in [2.75, 3.05) is 19.6 Å². The molecule has 0 saturated carbocycles. The molecule has 1 aliphatic rings. The number of nitrogens with one attached hydrogen (secondary N) is 3. The van der Waals surface area contributed by atoms with Gasteiger partial charge in [-0.1, -0.05) is 27.7 Å². The first-order valence-corrected chi connectivity index (χ1v) is 10.3. The van der Waals surface area contributed by atoms with Gasteiger partial charge in [0.05, 0.1) is 0 Å². The van der Waals surface area contributed by atoms with Crippen LogP contribution in [0.3, 0.4) is 0 Å². The van der Waals surface area contributed by atoms with E-state index in [1.807, 2.05) is 27.7 Å². The highest BCUT2D eigenvalue weighted by molar-refractivity contribution is 5.92. The van der Waals surface area contributed by atoms with E-state index in [2.05, 4.69) is 16.0 Å². The minimum Gasteiger partial charge on any atom is -0.354 e. The lowest BCUT2D eigenvalue weighted by Gasteiger charge is -2.24. The Bertz CT molecular complexity index is 562. The molecule has 0 aromatic heterocycles. The highest BCUT2D eigenvalue weighted by atomic mass is 16.2. The van der Waals surface area contributed by atoms with Crippen LogP contribution in [0.5, 0.6) is 0 Å². The van der Waals surface area contributed by atoms with Crippen molar-refractivity contribution in [3.05, 3.63) is 0 Å².